The lowest BCUT2D eigenvalue weighted by atomic mass is 10.1. The predicted molar refractivity (Wildman–Crippen MR) is 77.1 cm³/mol. The molecule has 0 aliphatic heterocycles. The van der Waals surface area contributed by atoms with Gasteiger partial charge in [0.05, 0.1) is 5.69 Å². The van der Waals surface area contributed by atoms with Crippen molar-refractivity contribution in [1.29, 1.82) is 0 Å². The van der Waals surface area contributed by atoms with Gasteiger partial charge in [-0.15, -0.1) is 11.3 Å². The number of hydrogen-bond donors (Lipinski definition) is 1. The van der Waals surface area contributed by atoms with Gasteiger partial charge in [-0.1, -0.05) is 17.8 Å². The van der Waals surface area contributed by atoms with Crippen LogP contribution < -0.4 is 5.73 Å². The monoisotopic (exact) mass is 273 g/mol. The molecule has 1 aromatic carbocycles. The Kier molecular flexibility index (Phi) is 2.93. The number of rotatable bonds is 2. The Labute approximate surface area is 113 Å². The third kappa shape index (κ3) is 2.07. The lowest BCUT2D eigenvalue weighted by Crippen LogP contribution is -1.90. The molecule has 0 fully saturated rings. The van der Waals surface area contributed by atoms with E-state index in [0.717, 1.165) is 31.4 Å². The normalized spacial score (nSPS) is 10.9. The second kappa shape index (κ2) is 4.59. The highest BCUT2D eigenvalue weighted by Gasteiger charge is 2.08. The number of benzene rings is 1. The smallest absolute Gasteiger partial charge is 0.154 e. The minimum atomic E-state index is 0.799. The first-order valence-corrected chi connectivity index (χ1v) is 7.16. The fourth-order valence-corrected chi connectivity index (χ4v) is 3.60. The molecule has 3 nitrogen and oxygen atoms in total. The molecular formula is C13H11N3S2. The molecule has 18 heavy (non-hydrogen) atoms. The summed E-state index contributed by atoms with van der Waals surface area (Å²) in [6.07, 6.45) is 3.59. The standard InChI is InChI=1S/C13H11N3S2/c1-8-7-17-13(16-8)18-11-3-2-9-6-15-5-4-10(9)12(11)14/h2-7H,14H2,1H3. The van der Waals surface area contributed by atoms with Crippen molar-refractivity contribution in [3.8, 4) is 0 Å². The SMILES string of the molecule is Cc1csc(Sc2ccc3cnccc3c2N)n1. The third-order valence-electron chi connectivity index (χ3n) is 2.62. The van der Waals surface area contributed by atoms with Gasteiger partial charge in [-0.3, -0.25) is 4.98 Å². The molecule has 0 saturated heterocycles. The zero-order chi connectivity index (χ0) is 12.5. The Hall–Kier alpha value is -1.59. The number of fused-ring (bicyclic) bond motifs is 1. The average Bonchev–Trinajstić information content (AvgIpc) is 2.79. The molecule has 0 aliphatic carbocycles. The number of pyridine rings is 1. The van der Waals surface area contributed by atoms with Crippen LogP contribution in [-0.4, -0.2) is 9.97 Å². The van der Waals surface area contributed by atoms with Crippen molar-refractivity contribution in [3.63, 3.8) is 0 Å². The number of anilines is 1. The molecule has 0 amide bonds. The molecule has 2 heterocycles. The quantitative estimate of drug-likeness (QED) is 0.723. The Morgan fingerprint density at radius 3 is 2.94 bits per heavy atom. The Bertz CT molecular complexity index is 706. The maximum Gasteiger partial charge on any atom is 0.154 e. The highest BCUT2D eigenvalue weighted by Crippen LogP contribution is 2.37. The van der Waals surface area contributed by atoms with Crippen LogP contribution in [0.5, 0.6) is 0 Å². The number of thiazole rings is 1. The van der Waals surface area contributed by atoms with Gasteiger partial charge in [0.25, 0.3) is 0 Å². The molecular weight excluding hydrogens is 262 g/mol. The van der Waals surface area contributed by atoms with E-state index in [0.29, 0.717) is 0 Å². The van der Waals surface area contributed by atoms with E-state index < -0.39 is 0 Å². The van der Waals surface area contributed by atoms with Crippen LogP contribution in [0.3, 0.4) is 0 Å². The number of hydrogen-bond acceptors (Lipinski definition) is 5. The van der Waals surface area contributed by atoms with E-state index in [4.69, 9.17) is 5.73 Å². The Morgan fingerprint density at radius 1 is 1.28 bits per heavy atom. The van der Waals surface area contributed by atoms with Crippen LogP contribution in [-0.2, 0) is 0 Å². The fraction of sp³-hybridized carbons (Fsp3) is 0.0769. The van der Waals surface area contributed by atoms with Crippen LogP contribution in [0.15, 0.2) is 45.2 Å². The first-order chi connectivity index (χ1) is 8.74. The summed E-state index contributed by atoms with van der Waals surface area (Å²) < 4.78 is 1.02. The van der Waals surface area contributed by atoms with Gasteiger partial charge in [0, 0.05) is 39.1 Å². The van der Waals surface area contributed by atoms with Crippen molar-refractivity contribution in [1.82, 2.24) is 9.97 Å². The topological polar surface area (TPSA) is 51.8 Å². The molecule has 2 N–H and O–H groups in total. The van der Waals surface area contributed by atoms with Crippen molar-refractivity contribution in [3.05, 3.63) is 41.7 Å². The van der Waals surface area contributed by atoms with E-state index in [-0.39, 0.29) is 0 Å². The lowest BCUT2D eigenvalue weighted by Gasteiger charge is -2.06. The molecule has 3 aromatic rings. The summed E-state index contributed by atoms with van der Waals surface area (Å²) in [4.78, 5) is 9.58. The summed E-state index contributed by atoms with van der Waals surface area (Å²) in [5.41, 5.74) is 8.05. The summed E-state index contributed by atoms with van der Waals surface area (Å²) in [6, 6.07) is 6.02. The van der Waals surface area contributed by atoms with Gasteiger partial charge in [-0.2, -0.15) is 0 Å². The van der Waals surface area contributed by atoms with Crippen LogP contribution >= 0.6 is 23.1 Å². The van der Waals surface area contributed by atoms with E-state index in [9.17, 15) is 0 Å². The summed E-state index contributed by atoms with van der Waals surface area (Å²) in [5, 5.41) is 4.15. The molecule has 0 radical (unpaired) electrons. The molecule has 90 valence electrons. The van der Waals surface area contributed by atoms with Crippen LogP contribution in [0.4, 0.5) is 5.69 Å². The van der Waals surface area contributed by atoms with E-state index in [1.165, 1.54) is 0 Å². The molecule has 0 spiro atoms. The van der Waals surface area contributed by atoms with Gasteiger partial charge in [-0.05, 0) is 19.1 Å². The van der Waals surface area contributed by atoms with Crippen molar-refractivity contribution in [2.45, 2.75) is 16.2 Å². The first-order valence-electron chi connectivity index (χ1n) is 5.46. The van der Waals surface area contributed by atoms with Gasteiger partial charge in [0.1, 0.15) is 0 Å². The van der Waals surface area contributed by atoms with Gasteiger partial charge in [0.2, 0.25) is 0 Å². The minimum Gasteiger partial charge on any atom is -0.397 e. The average molecular weight is 273 g/mol. The zero-order valence-corrected chi connectivity index (χ0v) is 11.4. The van der Waals surface area contributed by atoms with Crippen LogP contribution in [0.25, 0.3) is 10.8 Å². The predicted octanol–water partition coefficient (Wildman–Crippen LogP) is 3.73. The molecule has 2 aromatic heterocycles. The summed E-state index contributed by atoms with van der Waals surface area (Å²) in [5.74, 6) is 0. The highest BCUT2D eigenvalue weighted by atomic mass is 32.2. The Morgan fingerprint density at radius 2 is 2.17 bits per heavy atom. The largest absolute Gasteiger partial charge is 0.397 e. The van der Waals surface area contributed by atoms with Crippen molar-refractivity contribution in [2.75, 3.05) is 5.73 Å². The van der Waals surface area contributed by atoms with Crippen LogP contribution in [0.1, 0.15) is 5.69 Å². The lowest BCUT2D eigenvalue weighted by molar-refractivity contribution is 1.16. The molecule has 3 rings (SSSR count). The van der Waals surface area contributed by atoms with Crippen molar-refractivity contribution >= 4 is 39.6 Å². The van der Waals surface area contributed by atoms with Crippen molar-refractivity contribution < 1.29 is 0 Å². The van der Waals surface area contributed by atoms with E-state index in [2.05, 4.69) is 9.97 Å². The second-order valence-electron chi connectivity index (χ2n) is 3.93. The van der Waals surface area contributed by atoms with Gasteiger partial charge >= 0.3 is 0 Å². The summed E-state index contributed by atoms with van der Waals surface area (Å²) >= 11 is 3.25. The number of aromatic nitrogens is 2. The molecule has 0 aliphatic rings. The first kappa shape index (κ1) is 11.5. The van der Waals surface area contributed by atoms with E-state index >= 15 is 0 Å². The number of aryl methyl sites for hydroxylation is 1. The Balaban J connectivity index is 2.04. The minimum absolute atomic E-state index is 0.799. The molecule has 0 bridgehead atoms. The van der Waals surface area contributed by atoms with Crippen LogP contribution in [0, 0.1) is 6.92 Å². The molecule has 5 heteroatoms. The number of nitrogens with zero attached hydrogens (tertiary/aromatic N) is 2. The van der Waals surface area contributed by atoms with E-state index in [1.807, 2.05) is 36.7 Å². The zero-order valence-electron chi connectivity index (χ0n) is 9.75. The second-order valence-corrected chi connectivity index (χ2v) is 6.08. The molecule has 0 saturated carbocycles. The maximum atomic E-state index is 6.20. The third-order valence-corrected chi connectivity index (χ3v) is 4.75. The van der Waals surface area contributed by atoms with Gasteiger partial charge < -0.3 is 5.73 Å². The number of nitrogens with two attached hydrogens (primary N) is 1. The summed E-state index contributed by atoms with van der Waals surface area (Å²) in [6.45, 7) is 2.00. The van der Waals surface area contributed by atoms with Gasteiger partial charge in [0.15, 0.2) is 4.34 Å². The van der Waals surface area contributed by atoms with Crippen molar-refractivity contribution in [2.24, 2.45) is 0 Å². The summed E-state index contributed by atoms with van der Waals surface area (Å²) in [7, 11) is 0. The molecule has 0 atom stereocenters. The van der Waals surface area contributed by atoms with Gasteiger partial charge in [-0.25, -0.2) is 4.98 Å². The van der Waals surface area contributed by atoms with E-state index in [1.54, 1.807) is 29.3 Å². The maximum absolute atomic E-state index is 6.20. The molecule has 0 unspecified atom stereocenters. The highest BCUT2D eigenvalue weighted by molar-refractivity contribution is 8.01. The van der Waals surface area contributed by atoms with Crippen LogP contribution in [0.2, 0.25) is 0 Å². The fourth-order valence-electron chi connectivity index (χ4n) is 1.74. The number of nitrogen functional groups attached to an aromatic ring is 1.